The highest BCUT2D eigenvalue weighted by Crippen LogP contribution is 2.37. The van der Waals surface area contributed by atoms with E-state index >= 15 is 0 Å². The lowest BCUT2D eigenvalue weighted by Crippen LogP contribution is -2.40. The van der Waals surface area contributed by atoms with Gasteiger partial charge in [-0.2, -0.15) is 0 Å². The molecule has 2 aromatic carbocycles. The van der Waals surface area contributed by atoms with Crippen molar-refractivity contribution >= 4 is 25.1 Å². The summed E-state index contributed by atoms with van der Waals surface area (Å²) in [4.78, 5) is 13.6. The van der Waals surface area contributed by atoms with Crippen LogP contribution in [-0.2, 0) is 24.3 Å². The van der Waals surface area contributed by atoms with Gasteiger partial charge in [0.25, 0.3) is 0 Å². The summed E-state index contributed by atoms with van der Waals surface area (Å²) < 4.78 is 18.2. The highest BCUT2D eigenvalue weighted by molar-refractivity contribution is 6.74. The molecule has 5 heteroatoms. The molecule has 2 aromatic rings. The number of esters is 1. The fourth-order valence-corrected chi connectivity index (χ4v) is 6.10. The van der Waals surface area contributed by atoms with Crippen molar-refractivity contribution in [3.05, 3.63) is 48.0 Å². The van der Waals surface area contributed by atoms with Crippen molar-refractivity contribution in [3.63, 3.8) is 0 Å². The zero-order chi connectivity index (χ0) is 31.8. The second kappa shape index (κ2) is 18.6. The van der Waals surface area contributed by atoms with Crippen LogP contribution in [0.25, 0.3) is 10.8 Å². The quantitative estimate of drug-likeness (QED) is 0.0689. The van der Waals surface area contributed by atoms with Crippen molar-refractivity contribution in [2.75, 3.05) is 13.7 Å². The molecule has 0 heterocycles. The Morgan fingerprint density at radius 2 is 1.44 bits per heavy atom. The SMILES string of the molecule is CCCCC#CC(CCCCCCCCCCCO[Si](C)(C)C(C)(C)C)OC(=O)[C@](C)(OC)c1cccc2ccccc12. The van der Waals surface area contributed by atoms with Gasteiger partial charge in [-0.1, -0.05) is 133 Å². The molecule has 0 aliphatic heterocycles. The first kappa shape index (κ1) is 37.1. The van der Waals surface area contributed by atoms with E-state index in [1.165, 1.54) is 44.9 Å². The normalized spacial score (nSPS) is 14.1. The van der Waals surface area contributed by atoms with Gasteiger partial charge in [-0.25, -0.2) is 4.79 Å². The van der Waals surface area contributed by atoms with E-state index in [4.69, 9.17) is 13.9 Å². The van der Waals surface area contributed by atoms with Gasteiger partial charge in [-0.3, -0.25) is 0 Å². The van der Waals surface area contributed by atoms with Crippen LogP contribution in [0, 0.1) is 11.8 Å². The Labute approximate surface area is 264 Å². The van der Waals surface area contributed by atoms with Crippen molar-refractivity contribution < 1.29 is 18.7 Å². The number of carbonyl (C=O) groups is 1. The minimum atomic E-state index is -1.61. The molecule has 0 saturated heterocycles. The summed E-state index contributed by atoms with van der Waals surface area (Å²) in [5, 5.41) is 2.36. The number of rotatable bonds is 19. The highest BCUT2D eigenvalue weighted by atomic mass is 28.4. The molecular formula is C38H60O4Si. The molecule has 1 unspecified atom stereocenters. The van der Waals surface area contributed by atoms with E-state index < -0.39 is 20.0 Å². The van der Waals surface area contributed by atoms with Gasteiger partial charge in [0.15, 0.2) is 20.0 Å². The van der Waals surface area contributed by atoms with Crippen LogP contribution in [-0.4, -0.2) is 34.1 Å². The van der Waals surface area contributed by atoms with E-state index in [-0.39, 0.29) is 11.0 Å². The maximum absolute atomic E-state index is 13.6. The van der Waals surface area contributed by atoms with E-state index in [0.29, 0.717) is 0 Å². The van der Waals surface area contributed by atoms with Gasteiger partial charge in [0, 0.05) is 25.7 Å². The predicted octanol–water partition coefficient (Wildman–Crippen LogP) is 10.7. The molecule has 2 rings (SSSR count). The maximum atomic E-state index is 13.6. The van der Waals surface area contributed by atoms with Crippen LogP contribution in [0.15, 0.2) is 42.5 Å². The van der Waals surface area contributed by atoms with Crippen molar-refractivity contribution in [3.8, 4) is 11.8 Å². The summed E-state index contributed by atoms with van der Waals surface area (Å²) in [5.74, 6) is 6.15. The summed E-state index contributed by atoms with van der Waals surface area (Å²) in [6, 6.07) is 14.0. The average molecular weight is 609 g/mol. The molecule has 2 atom stereocenters. The topological polar surface area (TPSA) is 44.8 Å². The molecule has 0 aromatic heterocycles. The van der Waals surface area contributed by atoms with Gasteiger partial charge in [-0.15, -0.1) is 0 Å². The van der Waals surface area contributed by atoms with Gasteiger partial charge < -0.3 is 13.9 Å². The summed E-state index contributed by atoms with van der Waals surface area (Å²) in [5.41, 5.74) is -0.389. The van der Waals surface area contributed by atoms with Crippen LogP contribution in [0.3, 0.4) is 0 Å². The molecule has 0 spiro atoms. The molecule has 240 valence electrons. The average Bonchev–Trinajstić information content (AvgIpc) is 2.98. The van der Waals surface area contributed by atoms with Gasteiger partial charge in [0.2, 0.25) is 0 Å². The fraction of sp³-hybridized carbons (Fsp3) is 0.658. The second-order valence-corrected chi connectivity index (χ2v) is 18.5. The van der Waals surface area contributed by atoms with Crippen LogP contribution < -0.4 is 0 Å². The van der Waals surface area contributed by atoms with Crippen LogP contribution in [0.2, 0.25) is 18.1 Å². The van der Waals surface area contributed by atoms with E-state index in [9.17, 15) is 4.79 Å². The van der Waals surface area contributed by atoms with Gasteiger partial charge >= 0.3 is 5.97 Å². The number of fused-ring (bicyclic) bond motifs is 1. The lowest BCUT2D eigenvalue weighted by Gasteiger charge is -2.36. The molecule has 0 radical (unpaired) electrons. The van der Waals surface area contributed by atoms with E-state index in [0.717, 1.165) is 61.5 Å². The van der Waals surface area contributed by atoms with Crippen molar-refractivity contribution in [2.45, 2.75) is 148 Å². The Kier molecular flexibility index (Phi) is 16.0. The lowest BCUT2D eigenvalue weighted by atomic mass is 9.90. The largest absolute Gasteiger partial charge is 0.447 e. The van der Waals surface area contributed by atoms with Gasteiger partial charge in [0.1, 0.15) is 0 Å². The molecule has 0 saturated carbocycles. The lowest BCUT2D eigenvalue weighted by molar-refractivity contribution is -0.171. The molecule has 0 amide bonds. The van der Waals surface area contributed by atoms with Crippen LogP contribution >= 0.6 is 0 Å². The van der Waals surface area contributed by atoms with Crippen molar-refractivity contribution in [1.29, 1.82) is 0 Å². The molecule has 0 bridgehead atoms. The Balaban J connectivity index is 1.79. The third-order valence-corrected chi connectivity index (χ3v) is 13.7. The number of hydrogen-bond donors (Lipinski definition) is 0. The maximum Gasteiger partial charge on any atom is 0.344 e. The van der Waals surface area contributed by atoms with Gasteiger partial charge in [0.05, 0.1) is 0 Å². The molecule has 0 fully saturated rings. The van der Waals surface area contributed by atoms with Crippen molar-refractivity contribution in [2.24, 2.45) is 0 Å². The minimum Gasteiger partial charge on any atom is -0.447 e. The Bertz CT molecular complexity index is 1150. The molecule has 4 nitrogen and oxygen atoms in total. The zero-order valence-electron chi connectivity index (χ0n) is 28.7. The third kappa shape index (κ3) is 12.1. The second-order valence-electron chi connectivity index (χ2n) is 13.7. The smallest absolute Gasteiger partial charge is 0.344 e. The van der Waals surface area contributed by atoms with E-state index in [1.807, 2.05) is 42.5 Å². The number of hydrogen-bond acceptors (Lipinski definition) is 4. The van der Waals surface area contributed by atoms with E-state index in [1.54, 1.807) is 14.0 Å². The first-order chi connectivity index (χ1) is 20.5. The Morgan fingerprint density at radius 1 is 0.837 bits per heavy atom. The number of carbonyl (C=O) groups excluding carboxylic acids is 1. The highest BCUT2D eigenvalue weighted by Gasteiger charge is 2.39. The third-order valence-electron chi connectivity index (χ3n) is 9.15. The van der Waals surface area contributed by atoms with Gasteiger partial charge in [-0.05, 0) is 61.5 Å². The van der Waals surface area contributed by atoms with Crippen molar-refractivity contribution in [1.82, 2.24) is 0 Å². The number of benzene rings is 2. The summed E-state index contributed by atoms with van der Waals surface area (Å²) in [7, 11) is -0.0301. The van der Waals surface area contributed by atoms with Crippen LogP contribution in [0.5, 0.6) is 0 Å². The standard InChI is InChI=1S/C38H60O4Si/c1-9-10-11-19-27-33(28-20-17-15-13-12-14-16-18-23-31-41-43(7,8)37(2,3)4)42-36(39)38(5,40-6)35-30-24-26-32-25-21-22-29-34(32)35/h21-22,24-26,29-30,33H,9-18,20,23,28,31H2,1-8H3/t33?,38-/m1/s1. The number of ether oxygens (including phenoxy) is 2. The monoisotopic (exact) mass is 608 g/mol. The molecule has 0 aliphatic carbocycles. The van der Waals surface area contributed by atoms with Crippen LogP contribution in [0.4, 0.5) is 0 Å². The summed E-state index contributed by atoms with van der Waals surface area (Å²) >= 11 is 0. The molecule has 43 heavy (non-hydrogen) atoms. The molecule has 0 aliphatic rings. The molecule has 0 N–H and O–H groups in total. The van der Waals surface area contributed by atoms with E-state index in [2.05, 4.69) is 52.6 Å². The molecular weight excluding hydrogens is 549 g/mol. The minimum absolute atomic E-state index is 0.290. The predicted molar refractivity (Wildman–Crippen MR) is 185 cm³/mol. The fourth-order valence-electron chi connectivity index (χ4n) is 5.01. The Morgan fingerprint density at radius 3 is 2.07 bits per heavy atom. The first-order valence-electron chi connectivity index (χ1n) is 16.8. The zero-order valence-corrected chi connectivity index (χ0v) is 29.7. The summed E-state index contributed by atoms with van der Waals surface area (Å²) in [6.45, 7) is 16.5. The first-order valence-corrected chi connectivity index (χ1v) is 19.7. The summed E-state index contributed by atoms with van der Waals surface area (Å²) in [6.07, 6.45) is 14.3. The number of methoxy groups -OCH3 is 1. The van der Waals surface area contributed by atoms with Crippen LogP contribution in [0.1, 0.15) is 124 Å². The number of unbranched alkanes of at least 4 members (excludes halogenated alkanes) is 10. The Hall–Kier alpha value is -2.13.